The maximum absolute atomic E-state index is 13.3. The number of likely N-dealkylation sites (tertiary alicyclic amines) is 1. The van der Waals surface area contributed by atoms with E-state index in [4.69, 9.17) is 0 Å². The summed E-state index contributed by atoms with van der Waals surface area (Å²) in [5.41, 5.74) is 0.0289. The van der Waals surface area contributed by atoms with Gasteiger partial charge in [-0.1, -0.05) is 12.1 Å². The summed E-state index contributed by atoms with van der Waals surface area (Å²) in [5.74, 6) is -0.280. The van der Waals surface area contributed by atoms with Crippen LogP contribution in [0.25, 0.3) is 22.4 Å². The molecule has 0 aliphatic carbocycles. The van der Waals surface area contributed by atoms with E-state index >= 15 is 0 Å². The molecule has 0 bridgehead atoms. The zero-order valence-corrected chi connectivity index (χ0v) is 21.7. The van der Waals surface area contributed by atoms with Gasteiger partial charge in [0.25, 0.3) is 5.56 Å². The molecule has 1 N–H and O–H groups in total. The summed E-state index contributed by atoms with van der Waals surface area (Å²) in [6, 6.07) is 12.8. The lowest BCUT2D eigenvalue weighted by Gasteiger charge is -2.38. The molecule has 2 aromatic carbocycles. The Morgan fingerprint density at radius 1 is 0.927 bits per heavy atom. The highest BCUT2D eigenvalue weighted by Crippen LogP contribution is 2.29. The summed E-state index contributed by atoms with van der Waals surface area (Å²) < 4.78 is 55.9. The molecule has 212 valence electrons. The molecule has 0 saturated carbocycles. The first-order chi connectivity index (χ1) is 19.6. The molecule has 3 aromatic heterocycles. The number of aromatic nitrogens is 6. The van der Waals surface area contributed by atoms with Crippen LogP contribution < -0.4 is 5.56 Å². The van der Waals surface area contributed by atoms with E-state index in [1.165, 1.54) is 33.9 Å². The van der Waals surface area contributed by atoms with E-state index in [-0.39, 0.29) is 23.3 Å². The molecule has 4 heterocycles. The number of hydrogen-bond acceptors (Lipinski definition) is 6. The van der Waals surface area contributed by atoms with Gasteiger partial charge in [0.1, 0.15) is 17.5 Å². The molecule has 5 aromatic rings. The minimum absolute atomic E-state index is 0.0861. The van der Waals surface area contributed by atoms with Crippen LogP contribution in [0.15, 0.2) is 78.2 Å². The zero-order valence-electron chi connectivity index (χ0n) is 21.7. The smallest absolute Gasteiger partial charge is 0.388 e. The molecule has 0 atom stereocenters. The van der Waals surface area contributed by atoms with Gasteiger partial charge in [-0.05, 0) is 54.8 Å². The van der Waals surface area contributed by atoms with Crippen LogP contribution in [0.4, 0.5) is 17.6 Å². The minimum Gasteiger partial charge on any atom is -0.388 e. The van der Waals surface area contributed by atoms with Crippen LogP contribution in [-0.2, 0) is 19.3 Å². The summed E-state index contributed by atoms with van der Waals surface area (Å²) in [7, 11) is 0. The topological polar surface area (TPSA) is 94.0 Å². The van der Waals surface area contributed by atoms with Crippen LogP contribution >= 0.6 is 0 Å². The lowest BCUT2D eigenvalue weighted by Crippen LogP contribution is -2.47. The van der Waals surface area contributed by atoms with Gasteiger partial charge in [0, 0.05) is 25.8 Å². The zero-order chi connectivity index (χ0) is 28.8. The van der Waals surface area contributed by atoms with Gasteiger partial charge in [-0.25, -0.2) is 18.7 Å². The molecule has 6 rings (SSSR count). The molecule has 41 heavy (non-hydrogen) atoms. The van der Waals surface area contributed by atoms with Crippen molar-refractivity contribution in [2.24, 2.45) is 0 Å². The molecule has 0 spiro atoms. The predicted molar refractivity (Wildman–Crippen MR) is 141 cm³/mol. The van der Waals surface area contributed by atoms with Gasteiger partial charge < -0.3 is 5.11 Å². The molecular weight excluding hydrogens is 542 g/mol. The molecule has 9 nitrogen and oxygen atoms in total. The number of piperidine rings is 1. The second-order valence-electron chi connectivity index (χ2n) is 10.3. The van der Waals surface area contributed by atoms with Crippen molar-refractivity contribution >= 4 is 11.0 Å². The van der Waals surface area contributed by atoms with Gasteiger partial charge in [-0.3, -0.25) is 14.3 Å². The number of benzene rings is 2. The Hall–Kier alpha value is -4.36. The number of nitrogens with zero attached hydrogens (tertiary/aromatic N) is 7. The van der Waals surface area contributed by atoms with Gasteiger partial charge in [0.15, 0.2) is 5.65 Å². The fourth-order valence-electron chi connectivity index (χ4n) is 5.06. The van der Waals surface area contributed by atoms with Crippen molar-refractivity contribution in [2.45, 2.75) is 37.7 Å². The SMILES string of the molecule is O=c1c2cnn(-c3ccc(-n4cc(C(F)(F)F)cn4)cc3)c2ncn1CC1(O)CCN(Cc2ccc(F)cc2)CC1. The molecule has 1 aliphatic rings. The number of aliphatic hydroxyl groups is 1. The summed E-state index contributed by atoms with van der Waals surface area (Å²) in [6.07, 6.45) is 0.915. The van der Waals surface area contributed by atoms with Crippen LogP contribution in [0, 0.1) is 5.82 Å². The highest BCUT2D eigenvalue weighted by Gasteiger charge is 2.34. The molecule has 0 amide bonds. The van der Waals surface area contributed by atoms with Crippen molar-refractivity contribution in [3.63, 3.8) is 0 Å². The van der Waals surface area contributed by atoms with E-state index in [0.29, 0.717) is 49.5 Å². The second kappa shape index (κ2) is 10.2. The number of hydrogen-bond donors (Lipinski definition) is 1. The maximum Gasteiger partial charge on any atom is 0.419 e. The third kappa shape index (κ3) is 5.50. The molecule has 1 fully saturated rings. The van der Waals surface area contributed by atoms with Gasteiger partial charge in [-0.2, -0.15) is 23.4 Å². The average molecular weight is 568 g/mol. The number of rotatable bonds is 6. The van der Waals surface area contributed by atoms with Crippen LogP contribution in [0.3, 0.4) is 0 Å². The Kier molecular flexibility index (Phi) is 6.70. The molecule has 1 aliphatic heterocycles. The Labute approximate surface area is 230 Å². The summed E-state index contributed by atoms with van der Waals surface area (Å²) in [4.78, 5) is 19.9. The van der Waals surface area contributed by atoms with E-state index in [0.717, 1.165) is 22.6 Å². The molecular formula is C28H25F4N7O2. The Bertz CT molecular complexity index is 1730. The van der Waals surface area contributed by atoms with Gasteiger partial charge in [0.2, 0.25) is 0 Å². The average Bonchev–Trinajstić information content (AvgIpc) is 3.62. The first-order valence-corrected chi connectivity index (χ1v) is 12.9. The monoisotopic (exact) mass is 567 g/mol. The first-order valence-electron chi connectivity index (χ1n) is 12.9. The fraction of sp³-hybridized carbons (Fsp3) is 0.286. The highest BCUT2D eigenvalue weighted by molar-refractivity contribution is 5.75. The van der Waals surface area contributed by atoms with Crippen molar-refractivity contribution in [3.8, 4) is 11.4 Å². The standard InChI is InChI=1S/C28H25F4N7O2/c29-21-3-1-19(2-4-21)15-36-11-9-27(41,10-12-36)17-37-18-33-25-24(26(37)40)14-35-39(25)23-7-5-22(6-8-23)38-16-20(13-34-38)28(30,31)32/h1-8,13-14,16,18,41H,9-12,15,17H2. The van der Waals surface area contributed by atoms with E-state index in [1.54, 1.807) is 36.4 Å². The van der Waals surface area contributed by atoms with E-state index in [9.17, 15) is 27.5 Å². The number of halogens is 4. The van der Waals surface area contributed by atoms with Crippen molar-refractivity contribution < 1.29 is 22.7 Å². The lowest BCUT2D eigenvalue weighted by atomic mass is 9.91. The third-order valence-corrected chi connectivity index (χ3v) is 7.39. The Morgan fingerprint density at radius 3 is 2.27 bits per heavy atom. The van der Waals surface area contributed by atoms with E-state index < -0.39 is 17.3 Å². The van der Waals surface area contributed by atoms with Crippen molar-refractivity contribution in [2.75, 3.05) is 13.1 Å². The third-order valence-electron chi connectivity index (χ3n) is 7.39. The van der Waals surface area contributed by atoms with E-state index in [1.807, 2.05) is 0 Å². The first kappa shape index (κ1) is 26.8. The quantitative estimate of drug-likeness (QED) is 0.313. The predicted octanol–water partition coefficient (Wildman–Crippen LogP) is 3.95. The minimum atomic E-state index is -4.48. The Morgan fingerprint density at radius 2 is 1.61 bits per heavy atom. The van der Waals surface area contributed by atoms with Gasteiger partial charge >= 0.3 is 6.18 Å². The van der Waals surface area contributed by atoms with Crippen LogP contribution in [0.5, 0.6) is 0 Å². The van der Waals surface area contributed by atoms with Gasteiger partial charge in [0.05, 0.1) is 41.5 Å². The molecule has 1 saturated heterocycles. The highest BCUT2D eigenvalue weighted by atomic mass is 19.4. The molecule has 0 unspecified atom stereocenters. The second-order valence-corrected chi connectivity index (χ2v) is 10.3. The number of alkyl halides is 3. The largest absolute Gasteiger partial charge is 0.419 e. The maximum atomic E-state index is 13.3. The van der Waals surface area contributed by atoms with Crippen LogP contribution in [0.2, 0.25) is 0 Å². The summed E-state index contributed by atoms with van der Waals surface area (Å²) in [5, 5.41) is 19.6. The summed E-state index contributed by atoms with van der Waals surface area (Å²) in [6.45, 7) is 1.99. The summed E-state index contributed by atoms with van der Waals surface area (Å²) >= 11 is 0. The van der Waals surface area contributed by atoms with Gasteiger partial charge in [-0.15, -0.1) is 0 Å². The van der Waals surface area contributed by atoms with Crippen LogP contribution in [0.1, 0.15) is 24.0 Å². The van der Waals surface area contributed by atoms with Crippen molar-refractivity contribution in [1.82, 2.24) is 34.0 Å². The van der Waals surface area contributed by atoms with E-state index in [2.05, 4.69) is 20.1 Å². The Balaban J connectivity index is 1.15. The fourth-order valence-corrected chi connectivity index (χ4v) is 5.06. The van der Waals surface area contributed by atoms with Crippen molar-refractivity contribution in [1.29, 1.82) is 0 Å². The van der Waals surface area contributed by atoms with Crippen molar-refractivity contribution in [3.05, 3.63) is 101 Å². The molecule has 0 radical (unpaired) electrons. The molecule has 13 heteroatoms. The lowest BCUT2D eigenvalue weighted by molar-refractivity contribution is -0.137. The van der Waals surface area contributed by atoms with Crippen LogP contribution in [-0.4, -0.2) is 57.8 Å². The number of fused-ring (bicyclic) bond motifs is 1. The normalized spacial score (nSPS) is 15.9.